The van der Waals surface area contributed by atoms with E-state index in [1.807, 2.05) is 0 Å². The highest BCUT2D eigenvalue weighted by Crippen LogP contribution is 2.18. The van der Waals surface area contributed by atoms with Crippen LogP contribution in [-0.2, 0) is 19.1 Å². The van der Waals surface area contributed by atoms with Crippen molar-refractivity contribution in [1.82, 2.24) is 0 Å². The third-order valence-electron chi connectivity index (χ3n) is 14.6. The van der Waals surface area contributed by atoms with Gasteiger partial charge in [0.1, 0.15) is 6.61 Å². The van der Waals surface area contributed by atoms with Gasteiger partial charge >= 0.3 is 11.9 Å². The van der Waals surface area contributed by atoms with E-state index in [4.69, 9.17) is 9.47 Å². The number of allylic oxidation sites excluding steroid dienone is 8. The van der Waals surface area contributed by atoms with E-state index in [1.165, 1.54) is 270 Å². The molecule has 0 fully saturated rings. The van der Waals surface area contributed by atoms with Crippen molar-refractivity contribution < 1.29 is 24.2 Å². The molecular weight excluding hydrogens is 885 g/mol. The van der Waals surface area contributed by atoms with Gasteiger partial charge in [0.05, 0.1) is 6.61 Å². The summed E-state index contributed by atoms with van der Waals surface area (Å²) in [7, 11) is 0. The van der Waals surface area contributed by atoms with Crippen molar-refractivity contribution in [3.63, 3.8) is 0 Å². The van der Waals surface area contributed by atoms with E-state index in [1.54, 1.807) is 0 Å². The molecule has 0 radical (unpaired) electrons. The highest BCUT2D eigenvalue weighted by molar-refractivity contribution is 5.70. The summed E-state index contributed by atoms with van der Waals surface area (Å²) in [5.74, 6) is -0.575. The van der Waals surface area contributed by atoms with Gasteiger partial charge in [0.2, 0.25) is 0 Å². The van der Waals surface area contributed by atoms with Gasteiger partial charge < -0.3 is 14.6 Å². The summed E-state index contributed by atoms with van der Waals surface area (Å²) in [6.07, 6.45) is 84.1. The summed E-state index contributed by atoms with van der Waals surface area (Å²) in [6.45, 7) is 4.16. The third kappa shape index (κ3) is 60.4. The second-order valence-corrected chi connectivity index (χ2v) is 21.8. The number of carbonyl (C=O) groups is 2. The molecule has 1 unspecified atom stereocenters. The minimum absolute atomic E-state index is 0.0631. The zero-order chi connectivity index (χ0) is 52.0. The largest absolute Gasteiger partial charge is 0.462 e. The second kappa shape index (κ2) is 63.2. The first-order chi connectivity index (χ1) is 35.6. The molecule has 0 spiro atoms. The van der Waals surface area contributed by atoms with Crippen LogP contribution in [0, 0.1) is 0 Å². The van der Waals surface area contributed by atoms with E-state index in [9.17, 15) is 14.7 Å². The van der Waals surface area contributed by atoms with E-state index in [0.717, 1.165) is 51.4 Å². The van der Waals surface area contributed by atoms with Gasteiger partial charge in [-0.3, -0.25) is 9.59 Å². The number of carbonyl (C=O) groups excluding carboxylic acids is 2. The zero-order valence-electron chi connectivity index (χ0n) is 48.5. The molecule has 422 valence electrons. The predicted molar refractivity (Wildman–Crippen MR) is 316 cm³/mol. The molecule has 0 heterocycles. The number of hydrogen-bond donors (Lipinski definition) is 1. The van der Waals surface area contributed by atoms with E-state index in [2.05, 4.69) is 62.5 Å². The van der Waals surface area contributed by atoms with E-state index >= 15 is 0 Å². The maximum Gasteiger partial charge on any atom is 0.306 e. The fraction of sp³-hybridized carbons (Fsp3) is 0.851. The van der Waals surface area contributed by atoms with Crippen LogP contribution in [0.4, 0.5) is 0 Å². The molecule has 5 heteroatoms. The molecule has 0 aliphatic rings. The Bertz CT molecular complexity index is 1190. The molecule has 1 N–H and O–H groups in total. The van der Waals surface area contributed by atoms with Crippen molar-refractivity contribution in [1.29, 1.82) is 0 Å². The van der Waals surface area contributed by atoms with Crippen LogP contribution in [0.5, 0.6) is 0 Å². The number of hydrogen-bond acceptors (Lipinski definition) is 5. The van der Waals surface area contributed by atoms with Crippen LogP contribution in [0.2, 0.25) is 0 Å². The first-order valence-electron chi connectivity index (χ1n) is 32.2. The number of aliphatic hydroxyl groups excluding tert-OH is 1. The van der Waals surface area contributed by atoms with Crippen LogP contribution in [0.25, 0.3) is 0 Å². The third-order valence-corrected chi connectivity index (χ3v) is 14.6. The van der Waals surface area contributed by atoms with Crippen molar-refractivity contribution in [3.05, 3.63) is 48.6 Å². The molecule has 0 saturated carbocycles. The Labute approximate surface area is 449 Å². The molecule has 0 aromatic rings. The van der Waals surface area contributed by atoms with Gasteiger partial charge in [-0.2, -0.15) is 0 Å². The monoisotopic (exact) mass is 1010 g/mol. The minimum Gasteiger partial charge on any atom is -0.462 e. The SMILES string of the molecule is CCCCCCC/C=C\C/C=C\CCCCCCCCCCCCCCCCCCCCCCCCCC(=O)OC(CO)COC(=O)CCCCCCCCCCCCC/C=C\C/C=C\CCCCCCC. The van der Waals surface area contributed by atoms with Crippen molar-refractivity contribution in [2.24, 2.45) is 0 Å². The Morgan fingerprint density at radius 3 is 0.819 bits per heavy atom. The Morgan fingerprint density at radius 2 is 0.556 bits per heavy atom. The number of aliphatic hydroxyl groups is 1. The van der Waals surface area contributed by atoms with Gasteiger partial charge in [0, 0.05) is 12.8 Å². The van der Waals surface area contributed by atoms with Crippen LogP contribution in [0.1, 0.15) is 348 Å². The van der Waals surface area contributed by atoms with Gasteiger partial charge in [-0.25, -0.2) is 0 Å². The van der Waals surface area contributed by atoms with Crippen LogP contribution in [0.15, 0.2) is 48.6 Å². The van der Waals surface area contributed by atoms with Crippen molar-refractivity contribution >= 4 is 11.9 Å². The molecule has 72 heavy (non-hydrogen) atoms. The molecule has 0 saturated heterocycles. The Morgan fingerprint density at radius 1 is 0.319 bits per heavy atom. The van der Waals surface area contributed by atoms with Gasteiger partial charge in [0.25, 0.3) is 0 Å². The van der Waals surface area contributed by atoms with E-state index < -0.39 is 6.10 Å². The van der Waals surface area contributed by atoms with Gasteiger partial charge in [-0.1, -0.05) is 306 Å². The smallest absolute Gasteiger partial charge is 0.306 e. The summed E-state index contributed by atoms with van der Waals surface area (Å²) in [5.41, 5.74) is 0. The average Bonchev–Trinajstić information content (AvgIpc) is 3.38. The lowest BCUT2D eigenvalue weighted by Gasteiger charge is -2.15. The number of unbranched alkanes of at least 4 members (excludes halogenated alkanes) is 44. The molecular formula is C67H124O5. The van der Waals surface area contributed by atoms with Gasteiger partial charge in [-0.15, -0.1) is 0 Å². The fourth-order valence-electron chi connectivity index (χ4n) is 9.74. The van der Waals surface area contributed by atoms with Crippen LogP contribution < -0.4 is 0 Å². The van der Waals surface area contributed by atoms with Crippen molar-refractivity contribution in [3.8, 4) is 0 Å². The maximum absolute atomic E-state index is 12.3. The minimum atomic E-state index is -0.772. The standard InChI is InChI=1S/C67H124O5/c1-3-5-7-9-11-13-15-17-19-21-23-25-27-28-29-30-31-32-33-34-35-36-37-38-40-42-44-46-48-50-52-54-56-58-60-62-67(70)72-65(63-68)64-71-66(69)61-59-57-55-53-51-49-47-45-43-41-39-26-24-22-20-18-16-14-12-10-8-6-4-2/h15-18,21-24,65,68H,3-14,19-20,25-64H2,1-2H3/b17-15-,18-16-,23-21-,24-22-. The summed E-state index contributed by atoms with van der Waals surface area (Å²) < 4.78 is 10.7. The predicted octanol–water partition coefficient (Wildman–Crippen LogP) is 22.0. The lowest BCUT2D eigenvalue weighted by Crippen LogP contribution is -2.28. The molecule has 0 aliphatic heterocycles. The number of rotatable bonds is 60. The molecule has 1 atom stereocenters. The maximum atomic E-state index is 12.3. The highest BCUT2D eigenvalue weighted by Gasteiger charge is 2.16. The average molecular weight is 1010 g/mol. The first-order valence-corrected chi connectivity index (χ1v) is 32.2. The summed E-state index contributed by atoms with van der Waals surface area (Å²) in [5, 5.41) is 9.68. The zero-order valence-corrected chi connectivity index (χ0v) is 48.5. The normalized spacial score (nSPS) is 12.4. The van der Waals surface area contributed by atoms with E-state index in [0.29, 0.717) is 12.8 Å². The van der Waals surface area contributed by atoms with Gasteiger partial charge in [0.15, 0.2) is 6.10 Å². The summed E-state index contributed by atoms with van der Waals surface area (Å²) in [6, 6.07) is 0. The first kappa shape index (κ1) is 69.9. The number of esters is 2. The van der Waals surface area contributed by atoms with Crippen molar-refractivity contribution in [2.45, 2.75) is 354 Å². The van der Waals surface area contributed by atoms with Crippen LogP contribution in [-0.4, -0.2) is 36.4 Å². The van der Waals surface area contributed by atoms with E-state index in [-0.39, 0.29) is 25.2 Å². The number of ether oxygens (including phenoxy) is 2. The molecule has 0 amide bonds. The molecule has 0 rings (SSSR count). The second-order valence-electron chi connectivity index (χ2n) is 21.8. The Hall–Kier alpha value is -2.14. The quantitative estimate of drug-likeness (QED) is 0.0373. The van der Waals surface area contributed by atoms with Crippen LogP contribution >= 0.6 is 0 Å². The van der Waals surface area contributed by atoms with Gasteiger partial charge in [-0.05, 0) is 77.0 Å². The molecule has 5 nitrogen and oxygen atoms in total. The molecule has 0 aromatic heterocycles. The van der Waals surface area contributed by atoms with Crippen LogP contribution in [0.3, 0.4) is 0 Å². The lowest BCUT2D eigenvalue weighted by atomic mass is 10.0. The summed E-state index contributed by atoms with van der Waals surface area (Å²) >= 11 is 0. The molecule has 0 aromatic carbocycles. The highest BCUT2D eigenvalue weighted by atomic mass is 16.6. The molecule has 0 bridgehead atoms. The summed E-state index contributed by atoms with van der Waals surface area (Å²) in [4.78, 5) is 24.6. The molecule has 0 aliphatic carbocycles. The van der Waals surface area contributed by atoms with Crippen molar-refractivity contribution in [2.75, 3.05) is 13.2 Å². The Balaban J connectivity index is 3.41. The Kier molecular flexibility index (Phi) is 61.3. The topological polar surface area (TPSA) is 72.8 Å². The lowest BCUT2D eigenvalue weighted by molar-refractivity contribution is -0.161. The fourth-order valence-corrected chi connectivity index (χ4v) is 9.74.